The molecule has 2 unspecified atom stereocenters. The molecule has 2 atom stereocenters. The Morgan fingerprint density at radius 1 is 1.56 bits per heavy atom. The fourth-order valence-electron chi connectivity index (χ4n) is 2.72. The van der Waals surface area contributed by atoms with Gasteiger partial charge in [-0.1, -0.05) is 6.92 Å². The number of halogens is 1. The van der Waals surface area contributed by atoms with E-state index in [-0.39, 0.29) is 11.9 Å². The fourth-order valence-corrected chi connectivity index (χ4v) is 2.72. The Balaban J connectivity index is 2.00. The van der Waals surface area contributed by atoms with Crippen LogP contribution >= 0.6 is 0 Å². The van der Waals surface area contributed by atoms with Gasteiger partial charge in [0, 0.05) is 12.6 Å². The van der Waals surface area contributed by atoms with Crippen molar-refractivity contribution >= 4 is 0 Å². The van der Waals surface area contributed by atoms with Crippen LogP contribution in [0.2, 0.25) is 0 Å². The van der Waals surface area contributed by atoms with Gasteiger partial charge in [-0.3, -0.25) is 9.88 Å². The van der Waals surface area contributed by atoms with Crippen molar-refractivity contribution in [2.75, 3.05) is 20.1 Å². The first-order valence-corrected chi connectivity index (χ1v) is 6.75. The van der Waals surface area contributed by atoms with Gasteiger partial charge in [-0.05, 0) is 45.0 Å². The van der Waals surface area contributed by atoms with Crippen LogP contribution in [0.4, 0.5) is 4.39 Å². The van der Waals surface area contributed by atoms with E-state index < -0.39 is 0 Å². The van der Waals surface area contributed by atoms with Crippen molar-refractivity contribution in [1.29, 1.82) is 0 Å². The number of nitrogens with zero attached hydrogens (tertiary/aromatic N) is 2. The summed E-state index contributed by atoms with van der Waals surface area (Å²) in [6, 6.07) is 4.15. The van der Waals surface area contributed by atoms with E-state index in [1.54, 1.807) is 6.07 Å². The minimum absolute atomic E-state index is 0.270. The minimum Gasteiger partial charge on any atom is -0.313 e. The lowest BCUT2D eigenvalue weighted by Crippen LogP contribution is -2.37. The Morgan fingerprint density at radius 3 is 2.94 bits per heavy atom. The van der Waals surface area contributed by atoms with Crippen molar-refractivity contribution in [3.05, 3.63) is 29.8 Å². The maximum Gasteiger partial charge on any atom is 0.141 e. The quantitative estimate of drug-likeness (QED) is 0.870. The highest BCUT2D eigenvalue weighted by atomic mass is 19.1. The summed E-state index contributed by atoms with van der Waals surface area (Å²) in [4.78, 5) is 6.53. The first-order chi connectivity index (χ1) is 8.70. The summed E-state index contributed by atoms with van der Waals surface area (Å²) in [6.45, 7) is 4.30. The predicted octanol–water partition coefficient (Wildman–Crippen LogP) is 2.36. The molecule has 1 saturated heterocycles. The lowest BCUT2D eigenvalue weighted by molar-refractivity contribution is 0.214. The molecule has 1 aliphatic rings. The lowest BCUT2D eigenvalue weighted by atomic mass is 10.1. The number of nitrogens with one attached hydrogen (secondary N) is 1. The second kappa shape index (κ2) is 6.25. The highest BCUT2D eigenvalue weighted by Crippen LogP contribution is 2.22. The normalized spacial score (nSPS) is 21.4. The molecule has 4 heteroatoms. The molecule has 1 aromatic heterocycles. The smallest absolute Gasteiger partial charge is 0.141 e. The molecule has 1 N–H and O–H groups in total. The van der Waals surface area contributed by atoms with Crippen LogP contribution in [0.25, 0.3) is 0 Å². The summed E-state index contributed by atoms with van der Waals surface area (Å²) >= 11 is 0. The minimum atomic E-state index is -0.270. The van der Waals surface area contributed by atoms with Gasteiger partial charge >= 0.3 is 0 Å². The van der Waals surface area contributed by atoms with Gasteiger partial charge in [-0.25, -0.2) is 4.39 Å². The molecular weight excluding hydrogens is 229 g/mol. The summed E-state index contributed by atoms with van der Waals surface area (Å²) in [5, 5.41) is 3.50. The monoisotopic (exact) mass is 251 g/mol. The molecule has 0 bridgehead atoms. The van der Waals surface area contributed by atoms with Gasteiger partial charge in [0.05, 0.1) is 17.9 Å². The maximum absolute atomic E-state index is 12.9. The molecule has 0 aromatic carbocycles. The van der Waals surface area contributed by atoms with Crippen LogP contribution < -0.4 is 5.32 Å². The van der Waals surface area contributed by atoms with Crippen molar-refractivity contribution in [1.82, 2.24) is 15.2 Å². The van der Waals surface area contributed by atoms with Crippen molar-refractivity contribution in [3.63, 3.8) is 0 Å². The van der Waals surface area contributed by atoms with Gasteiger partial charge in [0.2, 0.25) is 0 Å². The second-order valence-electron chi connectivity index (χ2n) is 5.06. The van der Waals surface area contributed by atoms with E-state index >= 15 is 0 Å². The highest BCUT2D eigenvalue weighted by Gasteiger charge is 2.21. The number of aromatic nitrogens is 1. The van der Waals surface area contributed by atoms with Gasteiger partial charge in [0.1, 0.15) is 5.82 Å². The first-order valence-electron chi connectivity index (χ1n) is 6.75. The van der Waals surface area contributed by atoms with Gasteiger partial charge in [0.15, 0.2) is 0 Å². The average molecular weight is 251 g/mol. The van der Waals surface area contributed by atoms with E-state index in [2.05, 4.69) is 29.2 Å². The fraction of sp³-hybridized carbons (Fsp3) is 0.643. The summed E-state index contributed by atoms with van der Waals surface area (Å²) in [6.07, 6.45) is 4.81. The molecule has 2 rings (SSSR count). The second-order valence-corrected chi connectivity index (χ2v) is 5.06. The van der Waals surface area contributed by atoms with Crippen LogP contribution in [0.1, 0.15) is 37.9 Å². The topological polar surface area (TPSA) is 28.2 Å². The van der Waals surface area contributed by atoms with E-state index in [1.165, 1.54) is 25.1 Å². The zero-order valence-electron chi connectivity index (χ0n) is 11.2. The van der Waals surface area contributed by atoms with Crippen LogP contribution in [0.15, 0.2) is 18.3 Å². The van der Waals surface area contributed by atoms with Crippen LogP contribution in [0.3, 0.4) is 0 Å². The molecule has 0 spiro atoms. The number of hydrogen-bond donors (Lipinski definition) is 1. The Kier molecular flexibility index (Phi) is 4.66. The summed E-state index contributed by atoms with van der Waals surface area (Å²) in [5.74, 6) is -0.270. The number of pyridine rings is 1. The molecule has 1 aromatic rings. The number of likely N-dealkylation sites (N-methyl/N-ethyl adjacent to an activating group) is 1. The first kappa shape index (κ1) is 13.4. The van der Waals surface area contributed by atoms with Crippen molar-refractivity contribution in [2.45, 2.75) is 38.3 Å². The molecule has 2 heterocycles. The predicted molar refractivity (Wildman–Crippen MR) is 70.9 cm³/mol. The third-order valence-corrected chi connectivity index (χ3v) is 3.68. The Bertz CT molecular complexity index is 360. The Labute approximate surface area is 108 Å². The van der Waals surface area contributed by atoms with E-state index in [0.717, 1.165) is 25.2 Å². The standard InChI is InChI=1S/C14H22FN3/c1-3-14(13-7-6-11(15)9-17-13)18(2)10-12-5-4-8-16-12/h6-7,9,12,14,16H,3-5,8,10H2,1-2H3. The Hall–Kier alpha value is -1.00. The van der Waals surface area contributed by atoms with Gasteiger partial charge in [-0.15, -0.1) is 0 Å². The highest BCUT2D eigenvalue weighted by molar-refractivity contribution is 5.10. The molecule has 0 amide bonds. The molecular formula is C14H22FN3. The summed E-state index contributed by atoms with van der Waals surface area (Å²) in [5.41, 5.74) is 0.958. The average Bonchev–Trinajstić information content (AvgIpc) is 2.85. The maximum atomic E-state index is 12.9. The summed E-state index contributed by atoms with van der Waals surface area (Å²) in [7, 11) is 2.12. The van der Waals surface area contributed by atoms with Gasteiger partial charge in [-0.2, -0.15) is 0 Å². The summed E-state index contributed by atoms with van der Waals surface area (Å²) < 4.78 is 12.9. The number of hydrogen-bond acceptors (Lipinski definition) is 3. The molecule has 0 aliphatic carbocycles. The largest absolute Gasteiger partial charge is 0.313 e. The number of rotatable bonds is 5. The zero-order valence-corrected chi connectivity index (χ0v) is 11.2. The molecule has 100 valence electrons. The van der Waals surface area contributed by atoms with Crippen molar-refractivity contribution in [2.24, 2.45) is 0 Å². The third-order valence-electron chi connectivity index (χ3n) is 3.68. The third kappa shape index (κ3) is 3.27. The molecule has 3 nitrogen and oxygen atoms in total. The molecule has 0 saturated carbocycles. The van der Waals surface area contributed by atoms with E-state index in [9.17, 15) is 4.39 Å². The molecule has 18 heavy (non-hydrogen) atoms. The Morgan fingerprint density at radius 2 is 2.39 bits per heavy atom. The molecule has 1 aliphatic heterocycles. The molecule has 1 fully saturated rings. The van der Waals surface area contributed by atoms with E-state index in [0.29, 0.717) is 6.04 Å². The van der Waals surface area contributed by atoms with Gasteiger partial charge < -0.3 is 5.32 Å². The van der Waals surface area contributed by atoms with Crippen LogP contribution in [0.5, 0.6) is 0 Å². The van der Waals surface area contributed by atoms with Crippen LogP contribution in [0, 0.1) is 5.82 Å². The lowest BCUT2D eigenvalue weighted by Gasteiger charge is -2.29. The zero-order chi connectivity index (χ0) is 13.0. The van der Waals surface area contributed by atoms with Gasteiger partial charge in [0.25, 0.3) is 0 Å². The van der Waals surface area contributed by atoms with E-state index in [1.807, 2.05) is 0 Å². The van der Waals surface area contributed by atoms with Crippen molar-refractivity contribution < 1.29 is 4.39 Å². The molecule has 0 radical (unpaired) electrons. The van der Waals surface area contributed by atoms with Crippen LogP contribution in [-0.4, -0.2) is 36.1 Å². The van der Waals surface area contributed by atoms with E-state index in [4.69, 9.17) is 0 Å². The van der Waals surface area contributed by atoms with Crippen LogP contribution in [-0.2, 0) is 0 Å². The van der Waals surface area contributed by atoms with Crippen molar-refractivity contribution in [3.8, 4) is 0 Å². The SMILES string of the molecule is CCC(c1ccc(F)cn1)N(C)CC1CCCN1.